The number of amides is 1. The van der Waals surface area contributed by atoms with Crippen molar-refractivity contribution >= 4 is 37.5 Å². The summed E-state index contributed by atoms with van der Waals surface area (Å²) in [5, 5.41) is 2.76. The number of carbonyl (C=O) groups excluding carboxylic acids is 1. The number of benzene rings is 1. The largest absolute Gasteiger partial charge is 0.350 e. The molecule has 1 N–H and O–H groups in total. The summed E-state index contributed by atoms with van der Waals surface area (Å²) < 4.78 is 25.7. The van der Waals surface area contributed by atoms with Crippen LogP contribution < -0.4 is 9.62 Å². The Morgan fingerprint density at radius 3 is 2.33 bits per heavy atom. The van der Waals surface area contributed by atoms with Crippen molar-refractivity contribution in [3.8, 4) is 0 Å². The Morgan fingerprint density at radius 2 is 1.90 bits per heavy atom. The van der Waals surface area contributed by atoms with Crippen molar-refractivity contribution < 1.29 is 13.2 Å². The number of halogens is 1. The molecule has 0 aliphatic rings. The molecule has 5 nitrogen and oxygen atoms in total. The third-order valence-electron chi connectivity index (χ3n) is 2.57. The van der Waals surface area contributed by atoms with E-state index in [-0.39, 0.29) is 12.5 Å². The van der Waals surface area contributed by atoms with E-state index in [0.717, 1.165) is 16.1 Å². The second kappa shape index (κ2) is 6.36. The average molecular weight is 377 g/mol. The first-order chi connectivity index (χ1) is 9.40. The van der Waals surface area contributed by atoms with Crippen molar-refractivity contribution in [3.63, 3.8) is 0 Å². The lowest BCUT2D eigenvalue weighted by molar-refractivity contribution is -0.121. The van der Waals surface area contributed by atoms with Gasteiger partial charge in [-0.05, 0) is 61.3 Å². The lowest BCUT2D eigenvalue weighted by Gasteiger charge is -2.26. The fourth-order valence-corrected chi connectivity index (χ4v) is 3.48. The van der Waals surface area contributed by atoms with E-state index in [2.05, 4.69) is 21.2 Å². The van der Waals surface area contributed by atoms with Crippen molar-refractivity contribution in [2.24, 2.45) is 0 Å². The van der Waals surface area contributed by atoms with E-state index in [1.807, 2.05) is 33.8 Å². The van der Waals surface area contributed by atoms with Crippen LogP contribution in [0.1, 0.15) is 26.3 Å². The molecule has 0 aliphatic carbocycles. The summed E-state index contributed by atoms with van der Waals surface area (Å²) in [7, 11) is -3.56. The highest BCUT2D eigenvalue weighted by Gasteiger charge is 2.24. The molecule has 0 atom stereocenters. The molecule has 1 amide bonds. The van der Waals surface area contributed by atoms with Crippen LogP contribution in [0.5, 0.6) is 0 Å². The van der Waals surface area contributed by atoms with Gasteiger partial charge in [-0.15, -0.1) is 0 Å². The molecule has 21 heavy (non-hydrogen) atoms. The number of carbonyl (C=O) groups is 1. The van der Waals surface area contributed by atoms with Gasteiger partial charge < -0.3 is 5.32 Å². The van der Waals surface area contributed by atoms with Gasteiger partial charge in [0.05, 0.1) is 11.9 Å². The Hall–Kier alpha value is -1.08. The average Bonchev–Trinajstić information content (AvgIpc) is 2.22. The van der Waals surface area contributed by atoms with Gasteiger partial charge in [-0.3, -0.25) is 9.10 Å². The van der Waals surface area contributed by atoms with Gasteiger partial charge in [0, 0.05) is 10.0 Å². The summed E-state index contributed by atoms with van der Waals surface area (Å²) in [6.45, 7) is 7.19. The number of sulfonamides is 1. The summed E-state index contributed by atoms with van der Waals surface area (Å²) in [4.78, 5) is 12.0. The lowest BCUT2D eigenvalue weighted by Crippen LogP contribution is -2.47. The van der Waals surface area contributed by atoms with Gasteiger partial charge in [0.15, 0.2) is 0 Å². The van der Waals surface area contributed by atoms with Crippen LogP contribution in [-0.2, 0) is 14.8 Å². The van der Waals surface area contributed by atoms with E-state index >= 15 is 0 Å². The van der Waals surface area contributed by atoms with Crippen molar-refractivity contribution in [1.29, 1.82) is 0 Å². The summed E-state index contributed by atoms with van der Waals surface area (Å²) in [6.07, 6.45) is 1.09. The molecular formula is C14H21BrN2O3S. The van der Waals surface area contributed by atoms with Crippen molar-refractivity contribution in [2.75, 3.05) is 17.1 Å². The highest BCUT2D eigenvalue weighted by Crippen LogP contribution is 2.28. The van der Waals surface area contributed by atoms with E-state index in [1.54, 1.807) is 12.1 Å². The second-order valence-electron chi connectivity index (χ2n) is 6.02. The normalized spacial score (nSPS) is 12.1. The fourth-order valence-electron chi connectivity index (χ4n) is 1.78. The smallest absolute Gasteiger partial charge is 0.241 e. The molecule has 0 unspecified atom stereocenters. The van der Waals surface area contributed by atoms with Crippen LogP contribution in [0.2, 0.25) is 0 Å². The first-order valence-electron chi connectivity index (χ1n) is 6.45. The molecule has 0 heterocycles. The molecule has 0 saturated carbocycles. The second-order valence-corrected chi connectivity index (χ2v) is 8.78. The Bertz CT molecular complexity index is 636. The third kappa shape index (κ3) is 5.67. The zero-order chi connectivity index (χ0) is 16.4. The predicted octanol–water partition coefficient (Wildman–Crippen LogP) is 2.44. The van der Waals surface area contributed by atoms with Gasteiger partial charge in [-0.25, -0.2) is 8.42 Å². The maximum atomic E-state index is 12.0. The fraction of sp³-hybridized carbons (Fsp3) is 0.500. The lowest BCUT2D eigenvalue weighted by atomic mass is 10.1. The number of hydrogen-bond acceptors (Lipinski definition) is 3. The molecule has 1 rings (SSSR count). The summed E-state index contributed by atoms with van der Waals surface area (Å²) >= 11 is 3.35. The van der Waals surface area contributed by atoms with Crippen molar-refractivity contribution in [3.05, 3.63) is 28.2 Å². The summed E-state index contributed by atoms with van der Waals surface area (Å²) in [5.74, 6) is -0.347. The first-order valence-corrected chi connectivity index (χ1v) is 9.09. The first kappa shape index (κ1) is 18.0. The number of anilines is 1. The molecule has 0 aromatic heterocycles. The van der Waals surface area contributed by atoms with E-state index < -0.39 is 15.6 Å². The summed E-state index contributed by atoms with van der Waals surface area (Å²) in [6, 6.07) is 5.31. The maximum absolute atomic E-state index is 12.0. The minimum atomic E-state index is -3.56. The third-order valence-corrected chi connectivity index (χ3v) is 4.34. The van der Waals surface area contributed by atoms with Crippen LogP contribution in [0.3, 0.4) is 0 Å². The van der Waals surface area contributed by atoms with Gasteiger partial charge in [0.1, 0.15) is 6.54 Å². The predicted molar refractivity (Wildman–Crippen MR) is 89.0 cm³/mol. The van der Waals surface area contributed by atoms with Crippen LogP contribution in [0, 0.1) is 6.92 Å². The molecule has 7 heteroatoms. The Morgan fingerprint density at radius 1 is 1.33 bits per heavy atom. The topological polar surface area (TPSA) is 66.5 Å². The molecule has 1 aromatic carbocycles. The molecular weight excluding hydrogens is 356 g/mol. The zero-order valence-electron chi connectivity index (χ0n) is 12.9. The number of nitrogens with one attached hydrogen (secondary N) is 1. The molecule has 0 fully saturated rings. The summed E-state index contributed by atoms with van der Waals surface area (Å²) in [5.41, 5.74) is 1.04. The van der Waals surface area contributed by atoms with Gasteiger partial charge in [0.2, 0.25) is 15.9 Å². The van der Waals surface area contributed by atoms with Gasteiger partial charge >= 0.3 is 0 Å². The monoisotopic (exact) mass is 376 g/mol. The molecule has 0 aliphatic heterocycles. The number of aryl methyl sites for hydroxylation is 1. The van der Waals surface area contributed by atoms with Crippen LogP contribution in [0.4, 0.5) is 5.69 Å². The molecule has 0 saturated heterocycles. The van der Waals surface area contributed by atoms with Crippen LogP contribution >= 0.6 is 15.9 Å². The zero-order valence-corrected chi connectivity index (χ0v) is 15.3. The highest BCUT2D eigenvalue weighted by atomic mass is 79.9. The van der Waals surface area contributed by atoms with E-state index in [1.165, 1.54) is 0 Å². The van der Waals surface area contributed by atoms with Crippen LogP contribution in [-0.4, -0.2) is 32.7 Å². The number of rotatable bonds is 4. The molecule has 118 valence electrons. The van der Waals surface area contributed by atoms with Gasteiger partial charge in [-0.1, -0.05) is 6.07 Å². The van der Waals surface area contributed by atoms with Crippen molar-refractivity contribution in [1.82, 2.24) is 5.32 Å². The molecule has 0 spiro atoms. The van der Waals surface area contributed by atoms with E-state index in [0.29, 0.717) is 10.2 Å². The van der Waals surface area contributed by atoms with E-state index in [9.17, 15) is 13.2 Å². The standard InChI is InChI=1S/C14H21BrN2O3S/c1-10-6-7-12(11(15)8-10)17(21(5,19)20)9-13(18)16-14(2,3)4/h6-8H,9H2,1-5H3,(H,16,18). The van der Waals surface area contributed by atoms with Gasteiger partial charge in [0.25, 0.3) is 0 Å². The maximum Gasteiger partial charge on any atom is 0.241 e. The highest BCUT2D eigenvalue weighted by molar-refractivity contribution is 9.10. The van der Waals surface area contributed by atoms with Crippen molar-refractivity contribution in [2.45, 2.75) is 33.2 Å². The quantitative estimate of drug-likeness (QED) is 0.877. The van der Waals surface area contributed by atoms with Crippen LogP contribution in [0.15, 0.2) is 22.7 Å². The van der Waals surface area contributed by atoms with Crippen LogP contribution in [0.25, 0.3) is 0 Å². The van der Waals surface area contributed by atoms with E-state index in [4.69, 9.17) is 0 Å². The molecule has 1 aromatic rings. The SMILES string of the molecule is Cc1ccc(N(CC(=O)NC(C)(C)C)S(C)(=O)=O)c(Br)c1. The minimum absolute atomic E-state index is 0.252. The Kier molecular flexibility index (Phi) is 5.44. The Labute approximate surface area is 134 Å². The molecule has 0 radical (unpaired) electrons. The number of hydrogen-bond donors (Lipinski definition) is 1. The molecule has 0 bridgehead atoms. The van der Waals surface area contributed by atoms with Gasteiger partial charge in [-0.2, -0.15) is 0 Å². The minimum Gasteiger partial charge on any atom is -0.350 e. The number of nitrogens with zero attached hydrogens (tertiary/aromatic N) is 1. The Balaban J connectivity index is 3.11.